The molecule has 6 nitrogen and oxygen atoms in total. The first-order valence-electron chi connectivity index (χ1n) is 9.83. The summed E-state index contributed by atoms with van der Waals surface area (Å²) in [5.41, 5.74) is 2.87. The Morgan fingerprint density at radius 1 is 1.20 bits per heavy atom. The summed E-state index contributed by atoms with van der Waals surface area (Å²) in [6.45, 7) is 11.8. The van der Waals surface area contributed by atoms with Crippen LogP contribution in [0, 0.1) is 5.92 Å². The molecule has 0 unspecified atom stereocenters. The molecule has 1 aromatic heterocycles. The molecular weight excluding hydrogens is 316 g/mol. The number of amides is 1. The minimum Gasteiger partial charge on any atom is -0.369 e. The second kappa shape index (κ2) is 6.72. The molecule has 1 aromatic rings. The van der Waals surface area contributed by atoms with Gasteiger partial charge in [-0.1, -0.05) is 0 Å². The molecule has 3 heterocycles. The Hall–Kier alpha value is -1.40. The van der Waals surface area contributed by atoms with Crippen molar-refractivity contribution in [3.63, 3.8) is 0 Å². The van der Waals surface area contributed by atoms with Crippen LogP contribution in [-0.4, -0.2) is 64.3 Å². The van der Waals surface area contributed by atoms with Crippen molar-refractivity contribution in [2.24, 2.45) is 5.92 Å². The van der Waals surface area contributed by atoms with Gasteiger partial charge in [-0.25, -0.2) is 0 Å². The number of aromatic nitrogens is 2. The molecule has 1 amide bonds. The molecule has 0 spiro atoms. The van der Waals surface area contributed by atoms with Gasteiger partial charge in [0, 0.05) is 51.3 Å². The summed E-state index contributed by atoms with van der Waals surface area (Å²) < 4.78 is 7.79. The molecule has 25 heavy (non-hydrogen) atoms. The second-order valence-corrected chi connectivity index (χ2v) is 7.86. The van der Waals surface area contributed by atoms with E-state index in [0.29, 0.717) is 0 Å². The predicted molar refractivity (Wildman–Crippen MR) is 95.6 cm³/mol. The molecule has 1 saturated carbocycles. The van der Waals surface area contributed by atoms with Gasteiger partial charge >= 0.3 is 0 Å². The number of piperazine rings is 1. The van der Waals surface area contributed by atoms with Crippen molar-refractivity contribution in [2.75, 3.05) is 32.7 Å². The Morgan fingerprint density at radius 3 is 2.56 bits per heavy atom. The van der Waals surface area contributed by atoms with E-state index in [1.54, 1.807) is 0 Å². The van der Waals surface area contributed by atoms with Crippen LogP contribution in [0.5, 0.6) is 0 Å². The molecule has 2 fully saturated rings. The summed E-state index contributed by atoms with van der Waals surface area (Å²) >= 11 is 0. The van der Waals surface area contributed by atoms with Gasteiger partial charge in [-0.3, -0.25) is 14.4 Å². The molecule has 2 atom stereocenters. The second-order valence-electron chi connectivity index (χ2n) is 7.86. The van der Waals surface area contributed by atoms with E-state index in [1.165, 1.54) is 19.4 Å². The summed E-state index contributed by atoms with van der Waals surface area (Å²) in [7, 11) is 0. The van der Waals surface area contributed by atoms with Crippen molar-refractivity contribution in [2.45, 2.75) is 58.8 Å². The summed E-state index contributed by atoms with van der Waals surface area (Å²) in [4.78, 5) is 17.8. The lowest BCUT2D eigenvalue weighted by molar-refractivity contribution is -0.00718. The highest BCUT2D eigenvalue weighted by Gasteiger charge is 2.34. The van der Waals surface area contributed by atoms with Gasteiger partial charge in [0.1, 0.15) is 5.69 Å². The van der Waals surface area contributed by atoms with Crippen LogP contribution in [0.15, 0.2) is 0 Å². The highest BCUT2D eigenvalue weighted by Crippen LogP contribution is 2.33. The maximum Gasteiger partial charge on any atom is 0.272 e. The molecule has 2 aliphatic heterocycles. The summed E-state index contributed by atoms with van der Waals surface area (Å²) in [5.74, 6) is 1.07. The molecule has 6 heteroatoms. The number of hydrogen-bond acceptors (Lipinski definition) is 4. The first kappa shape index (κ1) is 17.0. The van der Waals surface area contributed by atoms with Gasteiger partial charge in [-0.15, -0.1) is 0 Å². The van der Waals surface area contributed by atoms with Crippen LogP contribution in [0.2, 0.25) is 0 Å². The number of aryl methyl sites for hydroxylation is 1. The fourth-order valence-corrected chi connectivity index (χ4v) is 4.21. The lowest BCUT2D eigenvalue weighted by Crippen LogP contribution is -2.49. The number of rotatable bonds is 4. The zero-order chi connectivity index (χ0) is 17.6. The zero-order valence-electron chi connectivity index (χ0n) is 15.7. The first-order valence-corrected chi connectivity index (χ1v) is 9.83. The summed E-state index contributed by atoms with van der Waals surface area (Å²) in [6.07, 6.45) is 3.66. The normalized spacial score (nSPS) is 27.4. The third-order valence-corrected chi connectivity index (χ3v) is 5.77. The quantitative estimate of drug-likeness (QED) is 0.838. The number of ether oxygens (including phenoxy) is 1. The van der Waals surface area contributed by atoms with Gasteiger partial charge in [-0.2, -0.15) is 5.10 Å². The predicted octanol–water partition coefficient (Wildman–Crippen LogP) is 2.09. The van der Waals surface area contributed by atoms with Gasteiger partial charge < -0.3 is 9.64 Å². The van der Waals surface area contributed by atoms with E-state index in [-0.39, 0.29) is 18.1 Å². The maximum absolute atomic E-state index is 13.3. The highest BCUT2D eigenvalue weighted by atomic mass is 16.5. The van der Waals surface area contributed by atoms with Gasteiger partial charge in [-0.05, 0) is 39.5 Å². The van der Waals surface area contributed by atoms with Crippen LogP contribution in [0.25, 0.3) is 0 Å². The Kier molecular flexibility index (Phi) is 4.58. The van der Waals surface area contributed by atoms with Gasteiger partial charge in [0.05, 0.1) is 17.9 Å². The fourth-order valence-electron chi connectivity index (χ4n) is 4.21. The van der Waals surface area contributed by atoms with Crippen molar-refractivity contribution in [1.29, 1.82) is 0 Å². The number of carbonyl (C=O) groups is 1. The van der Waals surface area contributed by atoms with Crippen LogP contribution >= 0.6 is 0 Å². The van der Waals surface area contributed by atoms with Gasteiger partial charge in [0.15, 0.2) is 0 Å². The Labute approximate surface area is 150 Å². The van der Waals surface area contributed by atoms with Crippen molar-refractivity contribution in [3.8, 4) is 0 Å². The minimum absolute atomic E-state index is 0.0338. The molecule has 1 aliphatic carbocycles. The molecule has 0 bridgehead atoms. The third kappa shape index (κ3) is 3.34. The van der Waals surface area contributed by atoms with Crippen LogP contribution < -0.4 is 0 Å². The SMILES string of the molecule is CCn1nc2c(c1C(=O)N1CCN(CC3CC3)CC1)C[C@H](C)O[C@@H]2C. The van der Waals surface area contributed by atoms with Crippen LogP contribution in [0.4, 0.5) is 0 Å². The number of hydrogen-bond donors (Lipinski definition) is 0. The molecule has 3 aliphatic rings. The van der Waals surface area contributed by atoms with Crippen molar-refractivity contribution < 1.29 is 9.53 Å². The minimum atomic E-state index is -0.0338. The summed E-state index contributed by atoms with van der Waals surface area (Å²) in [5, 5.41) is 4.70. The van der Waals surface area contributed by atoms with Crippen molar-refractivity contribution >= 4 is 5.91 Å². The summed E-state index contributed by atoms with van der Waals surface area (Å²) in [6, 6.07) is 0. The monoisotopic (exact) mass is 346 g/mol. The molecule has 0 aromatic carbocycles. The topological polar surface area (TPSA) is 50.6 Å². The zero-order valence-corrected chi connectivity index (χ0v) is 15.7. The van der Waals surface area contributed by atoms with Crippen LogP contribution in [0.3, 0.4) is 0 Å². The average molecular weight is 346 g/mol. The van der Waals surface area contributed by atoms with Crippen molar-refractivity contribution in [3.05, 3.63) is 17.0 Å². The fraction of sp³-hybridized carbons (Fsp3) is 0.789. The maximum atomic E-state index is 13.3. The molecular formula is C19H30N4O2. The highest BCUT2D eigenvalue weighted by molar-refractivity contribution is 5.94. The van der Waals surface area contributed by atoms with E-state index in [0.717, 1.165) is 62.0 Å². The molecule has 0 N–H and O–H groups in total. The number of nitrogens with zero attached hydrogens (tertiary/aromatic N) is 4. The lowest BCUT2D eigenvalue weighted by atomic mass is 9.99. The molecule has 1 saturated heterocycles. The van der Waals surface area contributed by atoms with Gasteiger partial charge in [0.25, 0.3) is 5.91 Å². The Morgan fingerprint density at radius 2 is 1.92 bits per heavy atom. The molecule has 4 rings (SSSR count). The van der Waals surface area contributed by atoms with E-state index < -0.39 is 0 Å². The number of fused-ring (bicyclic) bond motifs is 1. The Balaban J connectivity index is 1.52. The van der Waals surface area contributed by atoms with Crippen LogP contribution in [0.1, 0.15) is 61.5 Å². The van der Waals surface area contributed by atoms with Gasteiger partial charge in [0.2, 0.25) is 0 Å². The number of carbonyl (C=O) groups excluding carboxylic acids is 1. The van der Waals surface area contributed by atoms with Crippen LogP contribution in [-0.2, 0) is 17.7 Å². The molecule has 0 radical (unpaired) electrons. The van der Waals surface area contributed by atoms with E-state index in [9.17, 15) is 4.79 Å². The van der Waals surface area contributed by atoms with E-state index >= 15 is 0 Å². The molecule has 138 valence electrons. The first-order chi connectivity index (χ1) is 12.1. The van der Waals surface area contributed by atoms with E-state index in [1.807, 2.05) is 16.5 Å². The smallest absolute Gasteiger partial charge is 0.272 e. The Bertz CT molecular complexity index is 644. The van der Waals surface area contributed by atoms with E-state index in [2.05, 4.69) is 18.7 Å². The standard InChI is InChI=1S/C19H30N4O2/c1-4-23-18(16-11-13(2)25-14(3)17(16)20-23)19(24)22-9-7-21(8-10-22)12-15-5-6-15/h13-15H,4-12H2,1-3H3/t13-,14+/m0/s1. The van der Waals surface area contributed by atoms with E-state index in [4.69, 9.17) is 9.84 Å². The lowest BCUT2D eigenvalue weighted by Gasteiger charge is -2.35. The largest absolute Gasteiger partial charge is 0.369 e. The average Bonchev–Trinajstić information content (AvgIpc) is 3.33. The third-order valence-electron chi connectivity index (χ3n) is 5.77. The van der Waals surface area contributed by atoms with Crippen molar-refractivity contribution in [1.82, 2.24) is 19.6 Å².